The van der Waals surface area contributed by atoms with Gasteiger partial charge in [0.15, 0.2) is 0 Å². The van der Waals surface area contributed by atoms with E-state index in [0.29, 0.717) is 15.7 Å². The van der Waals surface area contributed by atoms with Crippen LogP contribution in [0.5, 0.6) is 0 Å². The van der Waals surface area contributed by atoms with Crippen molar-refractivity contribution >= 4 is 50.6 Å². The lowest BCUT2D eigenvalue weighted by molar-refractivity contribution is 0.195. The molecule has 1 heterocycles. The number of anilines is 2. The van der Waals surface area contributed by atoms with Gasteiger partial charge in [0.05, 0.1) is 21.3 Å². The van der Waals surface area contributed by atoms with E-state index in [0.717, 1.165) is 22.5 Å². The van der Waals surface area contributed by atoms with Crippen molar-refractivity contribution in [1.82, 2.24) is 4.90 Å². The number of rotatable bonds is 5. The van der Waals surface area contributed by atoms with Crippen molar-refractivity contribution < 1.29 is 22.0 Å². The summed E-state index contributed by atoms with van der Waals surface area (Å²) in [6, 6.07) is 13.8. The zero-order chi connectivity index (χ0) is 25.2. The Hall–Kier alpha value is -2.88. The molecule has 0 bridgehead atoms. The summed E-state index contributed by atoms with van der Waals surface area (Å²) in [5.41, 5.74) is 0.0639. The maximum atomic E-state index is 14.8. The van der Waals surface area contributed by atoms with Gasteiger partial charge in [0.25, 0.3) is 10.0 Å². The highest BCUT2D eigenvalue weighted by molar-refractivity contribution is 7.92. The van der Waals surface area contributed by atoms with Crippen molar-refractivity contribution in [2.24, 2.45) is 0 Å². The third-order valence-electron chi connectivity index (χ3n) is 5.71. The zero-order valence-electron chi connectivity index (χ0n) is 18.3. The van der Waals surface area contributed by atoms with Gasteiger partial charge in [-0.25, -0.2) is 22.0 Å². The molecule has 1 N–H and O–H groups in total. The first-order valence-electron chi connectivity index (χ1n) is 10.7. The van der Waals surface area contributed by atoms with Crippen LogP contribution in [0.15, 0.2) is 71.6 Å². The van der Waals surface area contributed by atoms with Crippen molar-refractivity contribution in [2.75, 3.05) is 22.7 Å². The molecule has 2 amide bonds. The van der Waals surface area contributed by atoms with Gasteiger partial charge >= 0.3 is 6.03 Å². The van der Waals surface area contributed by atoms with Gasteiger partial charge in [-0.2, -0.15) is 0 Å². The van der Waals surface area contributed by atoms with E-state index < -0.39 is 27.7 Å². The fraction of sp³-hybridized carbons (Fsp3) is 0.208. The van der Waals surface area contributed by atoms with Crippen LogP contribution in [-0.2, 0) is 10.0 Å². The fourth-order valence-corrected chi connectivity index (χ4v) is 5.98. The van der Waals surface area contributed by atoms with Crippen LogP contribution in [0.3, 0.4) is 0 Å². The second kappa shape index (κ2) is 10.4. The van der Waals surface area contributed by atoms with Crippen LogP contribution in [0.1, 0.15) is 12.8 Å². The van der Waals surface area contributed by atoms with Crippen molar-refractivity contribution in [3.8, 4) is 0 Å². The van der Waals surface area contributed by atoms with Crippen LogP contribution >= 0.6 is 23.2 Å². The molecule has 1 saturated heterocycles. The molecule has 0 atom stereocenters. The number of para-hydroxylation sites is 1. The van der Waals surface area contributed by atoms with Crippen molar-refractivity contribution in [2.45, 2.75) is 23.8 Å². The summed E-state index contributed by atoms with van der Waals surface area (Å²) >= 11 is 12.0. The molecule has 11 heteroatoms. The Morgan fingerprint density at radius 1 is 0.971 bits per heavy atom. The average Bonchev–Trinajstić information content (AvgIpc) is 2.83. The SMILES string of the molecule is O=C(Nc1ccccc1Cl)N1CCC(N(c2cc(F)ccc2F)S(=O)(=O)c2ccc(Cl)cc2)CC1. The second-order valence-corrected chi connectivity index (χ2v) is 10.6. The average molecular weight is 540 g/mol. The molecule has 0 aliphatic carbocycles. The number of halogens is 4. The fourth-order valence-electron chi connectivity index (χ4n) is 3.96. The van der Waals surface area contributed by atoms with Crippen LogP contribution < -0.4 is 9.62 Å². The molecule has 1 aliphatic rings. The Bertz CT molecular complexity index is 1330. The normalized spacial score (nSPS) is 14.6. The lowest BCUT2D eigenvalue weighted by atomic mass is 10.0. The van der Waals surface area contributed by atoms with E-state index in [-0.39, 0.29) is 42.5 Å². The zero-order valence-corrected chi connectivity index (χ0v) is 20.6. The molecule has 35 heavy (non-hydrogen) atoms. The number of carbonyl (C=O) groups excluding carboxylic acids is 1. The lowest BCUT2D eigenvalue weighted by Crippen LogP contribution is -2.50. The Kier molecular flexibility index (Phi) is 7.49. The van der Waals surface area contributed by atoms with E-state index in [1.54, 1.807) is 24.3 Å². The van der Waals surface area contributed by atoms with Crippen molar-refractivity contribution in [3.63, 3.8) is 0 Å². The molecule has 1 aliphatic heterocycles. The minimum absolute atomic E-state index is 0.107. The molecule has 6 nitrogen and oxygen atoms in total. The largest absolute Gasteiger partial charge is 0.324 e. The monoisotopic (exact) mass is 539 g/mol. The molecule has 0 saturated carbocycles. The molecule has 1 fully saturated rings. The number of hydrogen-bond donors (Lipinski definition) is 1. The molecule has 4 rings (SSSR count). The van der Waals surface area contributed by atoms with Gasteiger partial charge in [0.2, 0.25) is 0 Å². The quantitative estimate of drug-likeness (QED) is 0.421. The van der Waals surface area contributed by atoms with Gasteiger partial charge in [0, 0.05) is 30.2 Å². The lowest BCUT2D eigenvalue weighted by Gasteiger charge is -2.39. The number of piperidine rings is 1. The van der Waals surface area contributed by atoms with E-state index >= 15 is 0 Å². The van der Waals surface area contributed by atoms with E-state index in [1.165, 1.54) is 29.2 Å². The second-order valence-electron chi connectivity index (χ2n) is 7.98. The molecule has 3 aromatic carbocycles. The number of likely N-dealkylation sites (tertiary alicyclic amines) is 1. The predicted molar refractivity (Wildman–Crippen MR) is 133 cm³/mol. The van der Waals surface area contributed by atoms with Gasteiger partial charge < -0.3 is 10.2 Å². The summed E-state index contributed by atoms with van der Waals surface area (Å²) in [6.45, 7) is 0.398. The summed E-state index contributed by atoms with van der Waals surface area (Å²) < 4.78 is 56.9. The molecule has 184 valence electrons. The molecule has 0 radical (unpaired) electrons. The number of nitrogens with one attached hydrogen (secondary N) is 1. The number of amides is 2. The Morgan fingerprint density at radius 2 is 1.63 bits per heavy atom. The highest BCUT2D eigenvalue weighted by Crippen LogP contribution is 2.33. The first kappa shape index (κ1) is 25.2. The summed E-state index contributed by atoms with van der Waals surface area (Å²) in [4.78, 5) is 14.1. The molecule has 0 aromatic heterocycles. The number of nitrogens with zero attached hydrogens (tertiary/aromatic N) is 2. The number of hydrogen-bond acceptors (Lipinski definition) is 3. The van der Waals surface area contributed by atoms with Crippen molar-refractivity contribution in [1.29, 1.82) is 0 Å². The van der Waals surface area contributed by atoms with Gasteiger partial charge in [-0.05, 0) is 61.4 Å². The van der Waals surface area contributed by atoms with Crippen LogP contribution in [0.2, 0.25) is 10.0 Å². The minimum Gasteiger partial charge on any atom is -0.324 e. The molecule has 0 spiro atoms. The van der Waals surface area contributed by atoms with Gasteiger partial charge in [-0.1, -0.05) is 35.3 Å². The van der Waals surface area contributed by atoms with Crippen LogP contribution in [-0.4, -0.2) is 38.5 Å². The summed E-state index contributed by atoms with van der Waals surface area (Å²) in [5.74, 6) is -1.64. The Balaban J connectivity index is 1.59. The molecule has 0 unspecified atom stereocenters. The molecule has 3 aromatic rings. The summed E-state index contributed by atoms with van der Waals surface area (Å²) in [5, 5.41) is 3.46. The van der Waals surface area contributed by atoms with Crippen LogP contribution in [0, 0.1) is 11.6 Å². The number of benzene rings is 3. The topological polar surface area (TPSA) is 69.7 Å². The first-order valence-corrected chi connectivity index (χ1v) is 12.9. The van der Waals surface area contributed by atoms with Crippen LogP contribution in [0.4, 0.5) is 25.0 Å². The van der Waals surface area contributed by atoms with Crippen molar-refractivity contribution in [3.05, 3.63) is 88.4 Å². The highest BCUT2D eigenvalue weighted by atomic mass is 35.5. The van der Waals surface area contributed by atoms with Gasteiger partial charge in [-0.3, -0.25) is 4.31 Å². The van der Waals surface area contributed by atoms with E-state index in [2.05, 4.69) is 5.32 Å². The Morgan fingerprint density at radius 3 is 2.29 bits per heavy atom. The smallest absolute Gasteiger partial charge is 0.321 e. The third-order valence-corrected chi connectivity index (χ3v) is 8.18. The maximum Gasteiger partial charge on any atom is 0.321 e. The first-order chi connectivity index (χ1) is 16.7. The number of sulfonamides is 1. The van der Waals surface area contributed by atoms with Gasteiger partial charge in [0.1, 0.15) is 11.6 Å². The maximum absolute atomic E-state index is 14.8. The standard InChI is InChI=1S/C24H21Cl2F2N3O3S/c25-16-5-8-19(9-6-16)35(33,34)31(23-15-17(27)7-10-21(23)28)18-11-13-30(14-12-18)24(32)29-22-4-2-1-3-20(22)26/h1-10,15,18H,11-14H2,(H,29,32). The van der Waals surface area contributed by atoms with Gasteiger partial charge in [-0.15, -0.1) is 0 Å². The van der Waals surface area contributed by atoms with E-state index in [4.69, 9.17) is 23.2 Å². The summed E-state index contributed by atoms with van der Waals surface area (Å²) in [6.07, 6.45) is 0.414. The predicted octanol–water partition coefficient (Wildman–Crippen LogP) is 6.16. The number of carbonyl (C=O) groups is 1. The Labute approximate surface area is 212 Å². The summed E-state index contributed by atoms with van der Waals surface area (Å²) in [7, 11) is -4.27. The molecular formula is C24H21Cl2F2N3O3S. The molecular weight excluding hydrogens is 519 g/mol. The van der Waals surface area contributed by atoms with E-state index in [9.17, 15) is 22.0 Å². The van der Waals surface area contributed by atoms with Crippen LogP contribution in [0.25, 0.3) is 0 Å². The number of urea groups is 1. The third kappa shape index (κ3) is 5.52. The minimum atomic E-state index is -4.27. The van der Waals surface area contributed by atoms with E-state index in [1.807, 2.05) is 0 Å². The highest BCUT2D eigenvalue weighted by Gasteiger charge is 2.36.